The van der Waals surface area contributed by atoms with Crippen LogP contribution < -0.4 is 28.4 Å². The van der Waals surface area contributed by atoms with Gasteiger partial charge in [0, 0.05) is 6.16 Å². The number of rotatable bonds is 40. The van der Waals surface area contributed by atoms with Crippen molar-refractivity contribution in [2.24, 2.45) is 0 Å². The van der Waals surface area contributed by atoms with Gasteiger partial charge in [-0.25, -0.2) is 0 Å². The quantitative estimate of drug-likeness (QED) is 0.0256. The molecular formula is C56H89O9P. The Morgan fingerprint density at radius 1 is 0.303 bits per heavy atom. The van der Waals surface area contributed by atoms with Gasteiger partial charge in [-0.15, -0.1) is 0 Å². The number of hydrogen-bond acceptors (Lipinski definition) is 7. The van der Waals surface area contributed by atoms with E-state index in [0.29, 0.717) is 46.1 Å². The third-order valence-corrected chi connectivity index (χ3v) is 13.4. The van der Waals surface area contributed by atoms with Crippen molar-refractivity contribution < 1.29 is 42.8 Å². The van der Waals surface area contributed by atoms with Crippen molar-refractivity contribution in [3.63, 3.8) is 0 Å². The number of benzene rings is 4. The number of hydrogen-bond donors (Lipinski definition) is 2. The Kier molecular flexibility index (Phi) is 27.1. The van der Waals surface area contributed by atoms with E-state index in [0.717, 1.165) is 157 Å². The summed E-state index contributed by atoms with van der Waals surface area (Å²) in [4.78, 5) is 18.0. The Morgan fingerprint density at radius 3 is 0.682 bits per heavy atom. The normalized spacial score (nSPS) is 11.8. The van der Waals surface area contributed by atoms with Crippen molar-refractivity contribution in [1.29, 1.82) is 0 Å². The standard InChI is InChI=1S/C56H89O9P/c1-6-11-32-60-51-39-45-46-40-52(61-33-12-7-2)54(63-35-14-9-4)42-48(46)50-44-56(55(64-36-15-10-5)43-49(50)47(45)41-53(51)62-34-13-8-3)65-37-30-28-26-24-22-20-18-16-17-19-21-23-25-27-29-31-38-66(57,58)59/h39-44H,6-38H2,1-5H3,(H2,57,58,59). The van der Waals surface area contributed by atoms with Gasteiger partial charge in [0.25, 0.3) is 0 Å². The molecule has 0 aromatic heterocycles. The van der Waals surface area contributed by atoms with E-state index in [4.69, 9.17) is 38.2 Å². The van der Waals surface area contributed by atoms with Crippen LogP contribution in [0.15, 0.2) is 36.4 Å². The molecule has 0 heterocycles. The Morgan fingerprint density at radius 2 is 0.485 bits per heavy atom. The maximum absolute atomic E-state index is 11.0. The molecule has 0 unspecified atom stereocenters. The van der Waals surface area contributed by atoms with Crippen LogP contribution in [0.4, 0.5) is 0 Å². The predicted octanol–water partition coefficient (Wildman–Crippen LogP) is 16.8. The molecular weight excluding hydrogens is 848 g/mol. The number of unbranched alkanes of at least 4 members (excludes halogenated alkanes) is 20. The second-order valence-corrected chi connectivity index (χ2v) is 20.2. The topological polar surface area (TPSA) is 113 Å². The molecule has 0 amide bonds. The van der Waals surface area contributed by atoms with Gasteiger partial charge in [-0.3, -0.25) is 4.57 Å². The Labute approximate surface area is 399 Å². The van der Waals surface area contributed by atoms with Crippen molar-refractivity contribution in [3.8, 4) is 34.5 Å². The molecule has 4 aromatic carbocycles. The van der Waals surface area contributed by atoms with Gasteiger partial charge >= 0.3 is 7.60 Å². The van der Waals surface area contributed by atoms with Crippen LogP contribution in [0.2, 0.25) is 0 Å². The molecule has 9 nitrogen and oxygen atoms in total. The van der Waals surface area contributed by atoms with Gasteiger partial charge in [-0.1, -0.05) is 157 Å². The fourth-order valence-electron chi connectivity index (χ4n) is 8.40. The molecule has 4 aromatic rings. The van der Waals surface area contributed by atoms with E-state index in [2.05, 4.69) is 71.0 Å². The Balaban J connectivity index is 1.50. The lowest BCUT2D eigenvalue weighted by molar-refractivity contribution is 0.260. The van der Waals surface area contributed by atoms with Crippen molar-refractivity contribution in [1.82, 2.24) is 0 Å². The number of fused-ring (bicyclic) bond motifs is 6. The zero-order valence-electron chi connectivity index (χ0n) is 42.0. The summed E-state index contributed by atoms with van der Waals surface area (Å²) < 4.78 is 50.1. The predicted molar refractivity (Wildman–Crippen MR) is 277 cm³/mol. The minimum Gasteiger partial charge on any atom is -0.490 e. The molecule has 372 valence electrons. The zero-order valence-corrected chi connectivity index (χ0v) is 42.9. The second kappa shape index (κ2) is 32.4. The summed E-state index contributed by atoms with van der Waals surface area (Å²) >= 11 is 0. The van der Waals surface area contributed by atoms with Crippen LogP contribution in [-0.2, 0) is 4.57 Å². The monoisotopic (exact) mass is 937 g/mol. The van der Waals surface area contributed by atoms with E-state index in [-0.39, 0.29) is 6.16 Å². The lowest BCUT2D eigenvalue weighted by Crippen LogP contribution is -2.04. The maximum Gasteiger partial charge on any atom is 0.325 e. The lowest BCUT2D eigenvalue weighted by Gasteiger charge is -2.20. The van der Waals surface area contributed by atoms with Gasteiger partial charge in [-0.2, -0.15) is 0 Å². The van der Waals surface area contributed by atoms with E-state index in [9.17, 15) is 4.57 Å². The average molecular weight is 937 g/mol. The van der Waals surface area contributed by atoms with E-state index in [1.54, 1.807) is 0 Å². The second-order valence-electron chi connectivity index (χ2n) is 18.4. The molecule has 0 saturated heterocycles. The molecule has 0 fully saturated rings. The minimum atomic E-state index is -3.83. The molecule has 0 atom stereocenters. The fraction of sp³-hybridized carbons (Fsp3) is 0.679. The van der Waals surface area contributed by atoms with Crippen LogP contribution in [0.3, 0.4) is 0 Å². The molecule has 4 rings (SSSR count). The van der Waals surface area contributed by atoms with Crippen molar-refractivity contribution in [2.45, 2.75) is 202 Å². The van der Waals surface area contributed by atoms with Gasteiger partial charge in [0.2, 0.25) is 0 Å². The lowest BCUT2D eigenvalue weighted by atomic mass is 9.93. The van der Waals surface area contributed by atoms with Gasteiger partial charge in [0.1, 0.15) is 0 Å². The summed E-state index contributed by atoms with van der Waals surface area (Å²) in [7, 11) is -3.83. The van der Waals surface area contributed by atoms with Gasteiger partial charge in [0.15, 0.2) is 34.5 Å². The van der Waals surface area contributed by atoms with Gasteiger partial charge in [0.05, 0.1) is 39.6 Å². The smallest absolute Gasteiger partial charge is 0.325 e. The Bertz CT molecular complexity index is 1950. The molecule has 0 spiro atoms. The van der Waals surface area contributed by atoms with E-state index >= 15 is 0 Å². The van der Waals surface area contributed by atoms with Gasteiger partial charge in [-0.05, 0) is 114 Å². The van der Waals surface area contributed by atoms with Crippen LogP contribution in [0.5, 0.6) is 34.5 Å². The third kappa shape index (κ3) is 19.7. The van der Waals surface area contributed by atoms with E-state index in [1.807, 2.05) is 0 Å². The molecule has 0 radical (unpaired) electrons. The van der Waals surface area contributed by atoms with Crippen molar-refractivity contribution >= 4 is 39.9 Å². The molecule has 0 bridgehead atoms. The van der Waals surface area contributed by atoms with Crippen molar-refractivity contribution in [3.05, 3.63) is 36.4 Å². The maximum atomic E-state index is 11.0. The third-order valence-electron chi connectivity index (χ3n) is 12.5. The summed E-state index contributed by atoms with van der Waals surface area (Å²) in [6, 6.07) is 13.1. The molecule has 0 aliphatic carbocycles. The van der Waals surface area contributed by atoms with Crippen molar-refractivity contribution in [2.75, 3.05) is 45.8 Å². The first-order valence-corrected chi connectivity index (χ1v) is 28.4. The van der Waals surface area contributed by atoms with Crippen LogP contribution >= 0.6 is 7.60 Å². The van der Waals surface area contributed by atoms with Crippen LogP contribution in [-0.4, -0.2) is 55.6 Å². The first-order chi connectivity index (χ1) is 32.2. The first-order valence-electron chi connectivity index (χ1n) is 26.6. The fourth-order valence-corrected chi connectivity index (χ4v) is 9.04. The summed E-state index contributed by atoms with van der Waals surface area (Å²) in [5.41, 5.74) is 0. The SMILES string of the molecule is CCCCOc1cc2c3cc(OCCCC)c(OCCCC)cc3c3cc(OCCCCCCCCCCCCCCCCCCP(=O)(O)O)c(OCCCC)cc3c2cc1OCCCC. The first kappa shape index (κ1) is 55.2. The zero-order chi connectivity index (χ0) is 47.2. The highest BCUT2D eigenvalue weighted by atomic mass is 31.2. The summed E-state index contributed by atoms with van der Waals surface area (Å²) in [5.74, 6) is 4.67. The largest absolute Gasteiger partial charge is 0.490 e. The molecule has 0 aliphatic heterocycles. The highest BCUT2D eigenvalue weighted by Gasteiger charge is 2.21. The number of ether oxygens (including phenoxy) is 6. The summed E-state index contributed by atoms with van der Waals surface area (Å²) in [6.07, 6.45) is 29.0. The Hall–Kier alpha value is -3.39. The minimum absolute atomic E-state index is 0.0300. The molecule has 0 saturated carbocycles. The molecule has 10 heteroatoms. The highest BCUT2D eigenvalue weighted by Crippen LogP contribution is 2.47. The average Bonchev–Trinajstić information content (AvgIpc) is 3.30. The summed E-state index contributed by atoms with van der Waals surface area (Å²) in [6.45, 7) is 14.7. The highest BCUT2D eigenvalue weighted by molar-refractivity contribution is 7.51. The van der Waals surface area contributed by atoms with Crippen LogP contribution in [0.25, 0.3) is 32.3 Å². The van der Waals surface area contributed by atoms with E-state index in [1.165, 1.54) is 70.6 Å². The summed E-state index contributed by atoms with van der Waals surface area (Å²) in [5, 5.41) is 6.51. The molecule has 66 heavy (non-hydrogen) atoms. The molecule has 0 aliphatic rings. The molecule has 2 N–H and O–H groups in total. The van der Waals surface area contributed by atoms with Crippen LogP contribution in [0, 0.1) is 0 Å². The van der Waals surface area contributed by atoms with Gasteiger partial charge < -0.3 is 38.2 Å². The van der Waals surface area contributed by atoms with E-state index < -0.39 is 7.60 Å². The van der Waals surface area contributed by atoms with Crippen LogP contribution in [0.1, 0.15) is 202 Å².